The van der Waals surface area contributed by atoms with Gasteiger partial charge >= 0.3 is 12.1 Å². The van der Waals surface area contributed by atoms with Crippen molar-refractivity contribution in [3.8, 4) is 11.1 Å². The molecule has 4 N–H and O–H groups in total. The van der Waals surface area contributed by atoms with Crippen molar-refractivity contribution in [3.05, 3.63) is 59.7 Å². The maximum Gasteiger partial charge on any atom is 0.407 e. The third kappa shape index (κ3) is 4.37. The number of hydrogen-bond acceptors (Lipinski definition) is 5. The lowest BCUT2D eigenvalue weighted by atomic mass is 9.83. The van der Waals surface area contributed by atoms with Gasteiger partial charge in [-0.1, -0.05) is 55.0 Å². The van der Waals surface area contributed by atoms with Gasteiger partial charge in [-0.05, 0) is 48.9 Å². The molecule has 180 valence electrons. The number of alkyl carbamates (subject to hydrolysis) is 1. The number of carbonyl (C=O) groups excluding carboxylic acids is 2. The highest BCUT2D eigenvalue weighted by Crippen LogP contribution is 2.44. The quantitative estimate of drug-likeness (QED) is 0.497. The number of ether oxygens (including phenoxy) is 1. The van der Waals surface area contributed by atoms with Crippen molar-refractivity contribution in [2.45, 2.75) is 50.7 Å². The van der Waals surface area contributed by atoms with Crippen LogP contribution < -0.4 is 10.6 Å². The van der Waals surface area contributed by atoms with E-state index >= 15 is 0 Å². The van der Waals surface area contributed by atoms with Crippen LogP contribution in [-0.2, 0) is 14.3 Å². The summed E-state index contributed by atoms with van der Waals surface area (Å²) in [5, 5.41) is 24.3. The van der Waals surface area contributed by atoms with E-state index in [1.807, 2.05) is 36.4 Å². The van der Waals surface area contributed by atoms with Crippen molar-refractivity contribution >= 4 is 18.0 Å². The summed E-state index contributed by atoms with van der Waals surface area (Å²) < 4.78 is 5.62. The van der Waals surface area contributed by atoms with Crippen molar-refractivity contribution in [3.63, 3.8) is 0 Å². The van der Waals surface area contributed by atoms with Crippen molar-refractivity contribution in [1.29, 1.82) is 0 Å². The summed E-state index contributed by atoms with van der Waals surface area (Å²) in [5.74, 6) is -1.89. The highest BCUT2D eigenvalue weighted by Gasteiger charge is 2.46. The Bertz CT molecular complexity index is 1070. The molecule has 0 heterocycles. The van der Waals surface area contributed by atoms with Crippen LogP contribution in [0.4, 0.5) is 4.79 Å². The summed E-state index contributed by atoms with van der Waals surface area (Å²) in [6.07, 6.45) is 1.27. The van der Waals surface area contributed by atoms with Gasteiger partial charge in [-0.15, -0.1) is 0 Å². The minimum atomic E-state index is -2.07. The first-order chi connectivity index (χ1) is 16.1. The second kappa shape index (κ2) is 9.10. The zero-order chi connectivity index (χ0) is 24.5. The smallest absolute Gasteiger partial charge is 0.407 e. The monoisotopic (exact) mass is 466 g/mol. The molecule has 2 amide bonds. The summed E-state index contributed by atoms with van der Waals surface area (Å²) in [6, 6.07) is 15.7. The van der Waals surface area contributed by atoms with Crippen LogP contribution in [0.1, 0.15) is 50.2 Å². The zero-order valence-electron chi connectivity index (χ0n) is 19.3. The summed E-state index contributed by atoms with van der Waals surface area (Å²) >= 11 is 0. The van der Waals surface area contributed by atoms with Crippen molar-refractivity contribution < 1.29 is 29.3 Å². The number of benzene rings is 2. The zero-order valence-corrected chi connectivity index (χ0v) is 19.3. The number of hydrogen-bond donors (Lipinski definition) is 4. The lowest BCUT2D eigenvalue weighted by Crippen LogP contribution is -2.54. The van der Waals surface area contributed by atoms with E-state index in [1.165, 1.54) is 0 Å². The number of carbonyl (C=O) groups is 3. The molecule has 2 aromatic carbocycles. The van der Waals surface area contributed by atoms with Crippen LogP contribution in [-0.4, -0.2) is 53.0 Å². The Kier molecular flexibility index (Phi) is 6.36. The molecule has 1 fully saturated rings. The Hall–Kier alpha value is -3.39. The SMILES string of the molecule is CC(O)(CNC(=O)C1(C)CCCC1NC(=O)OCC1c2ccccc2-c2ccccc21)C(=O)O. The molecule has 8 nitrogen and oxygen atoms in total. The fourth-order valence-electron chi connectivity index (χ4n) is 4.98. The molecule has 2 aromatic rings. The van der Waals surface area contributed by atoms with Crippen LogP contribution in [0.2, 0.25) is 0 Å². The minimum Gasteiger partial charge on any atom is -0.479 e. The van der Waals surface area contributed by atoms with Gasteiger partial charge in [-0.25, -0.2) is 9.59 Å². The molecule has 0 radical (unpaired) electrons. The molecule has 0 aliphatic heterocycles. The minimum absolute atomic E-state index is 0.0605. The number of nitrogens with one attached hydrogen (secondary N) is 2. The van der Waals surface area contributed by atoms with E-state index in [0.717, 1.165) is 35.6 Å². The molecule has 2 aliphatic rings. The third-order valence-electron chi connectivity index (χ3n) is 7.17. The van der Waals surface area contributed by atoms with E-state index in [2.05, 4.69) is 22.8 Å². The van der Waals surface area contributed by atoms with Gasteiger partial charge in [-0.2, -0.15) is 0 Å². The van der Waals surface area contributed by atoms with Crippen LogP contribution in [0.3, 0.4) is 0 Å². The molecule has 0 spiro atoms. The number of amides is 2. The Morgan fingerprint density at radius 3 is 2.26 bits per heavy atom. The van der Waals surface area contributed by atoms with Crippen LogP contribution in [0.5, 0.6) is 0 Å². The third-order valence-corrected chi connectivity index (χ3v) is 7.17. The van der Waals surface area contributed by atoms with E-state index in [0.29, 0.717) is 12.8 Å². The molecule has 1 saturated carbocycles. The average molecular weight is 467 g/mol. The Morgan fingerprint density at radius 1 is 1.09 bits per heavy atom. The van der Waals surface area contributed by atoms with Crippen LogP contribution in [0, 0.1) is 5.41 Å². The van der Waals surface area contributed by atoms with Gasteiger partial charge in [0.2, 0.25) is 5.91 Å². The molecule has 3 atom stereocenters. The van der Waals surface area contributed by atoms with E-state index in [1.54, 1.807) is 6.92 Å². The lowest BCUT2D eigenvalue weighted by molar-refractivity contribution is -0.156. The van der Waals surface area contributed by atoms with Crippen molar-refractivity contribution in [1.82, 2.24) is 10.6 Å². The summed E-state index contributed by atoms with van der Waals surface area (Å²) in [5.41, 5.74) is 1.52. The summed E-state index contributed by atoms with van der Waals surface area (Å²) in [7, 11) is 0. The lowest BCUT2D eigenvalue weighted by Gasteiger charge is -2.31. The second-order valence-electron chi connectivity index (χ2n) is 9.59. The number of fused-ring (bicyclic) bond motifs is 3. The molecular formula is C26H30N2O6. The largest absolute Gasteiger partial charge is 0.479 e. The molecule has 8 heteroatoms. The average Bonchev–Trinajstić information content (AvgIpc) is 3.34. The van der Waals surface area contributed by atoms with Gasteiger partial charge < -0.3 is 25.6 Å². The predicted octanol–water partition coefficient (Wildman–Crippen LogP) is 3.04. The maximum absolute atomic E-state index is 12.9. The molecule has 0 aromatic heterocycles. The number of carboxylic acid groups (broad SMARTS) is 1. The normalized spacial score (nSPS) is 22.9. The van der Waals surface area contributed by atoms with Crippen molar-refractivity contribution in [2.24, 2.45) is 5.41 Å². The summed E-state index contributed by atoms with van der Waals surface area (Å²) in [4.78, 5) is 36.7. The highest BCUT2D eigenvalue weighted by molar-refractivity contribution is 5.86. The second-order valence-corrected chi connectivity index (χ2v) is 9.59. The first-order valence-electron chi connectivity index (χ1n) is 11.5. The first-order valence-corrected chi connectivity index (χ1v) is 11.5. The highest BCUT2D eigenvalue weighted by atomic mass is 16.5. The van der Waals surface area contributed by atoms with Gasteiger partial charge in [0.1, 0.15) is 6.61 Å². The molecule has 2 aliphatic carbocycles. The molecule has 4 rings (SSSR count). The van der Waals surface area contributed by atoms with E-state index in [4.69, 9.17) is 9.84 Å². The molecule has 0 bridgehead atoms. The Morgan fingerprint density at radius 2 is 1.68 bits per heavy atom. The number of aliphatic hydroxyl groups is 1. The number of rotatable bonds is 7. The number of aliphatic carboxylic acids is 1. The standard InChI is InChI=1S/C26H30N2O6/c1-25(22(29)27-15-26(2,33)23(30)31)13-7-12-21(25)28-24(32)34-14-20-18-10-5-3-8-16(18)17-9-4-6-11-19(17)20/h3-6,8-11,20-21,33H,7,12-15H2,1-2H3,(H,27,29)(H,28,32)(H,30,31). The van der Waals surface area contributed by atoms with Gasteiger partial charge in [0, 0.05) is 12.0 Å². The predicted molar refractivity (Wildman–Crippen MR) is 125 cm³/mol. The van der Waals surface area contributed by atoms with Crippen LogP contribution in [0.25, 0.3) is 11.1 Å². The van der Waals surface area contributed by atoms with Crippen LogP contribution >= 0.6 is 0 Å². The molecule has 0 saturated heterocycles. The van der Waals surface area contributed by atoms with Gasteiger partial charge in [0.25, 0.3) is 0 Å². The Balaban J connectivity index is 1.38. The van der Waals surface area contributed by atoms with E-state index < -0.39 is 41.6 Å². The fraction of sp³-hybridized carbons (Fsp3) is 0.423. The fourth-order valence-corrected chi connectivity index (χ4v) is 4.98. The summed E-state index contributed by atoms with van der Waals surface area (Å²) in [6.45, 7) is 2.61. The molecule has 3 unspecified atom stereocenters. The molecular weight excluding hydrogens is 436 g/mol. The van der Waals surface area contributed by atoms with Gasteiger partial charge in [0.05, 0.1) is 12.0 Å². The van der Waals surface area contributed by atoms with Gasteiger partial charge in [0.15, 0.2) is 5.60 Å². The number of carboxylic acids is 1. The van der Waals surface area contributed by atoms with Crippen LogP contribution in [0.15, 0.2) is 48.5 Å². The topological polar surface area (TPSA) is 125 Å². The molecule has 34 heavy (non-hydrogen) atoms. The maximum atomic E-state index is 12.9. The first kappa shape index (κ1) is 23.8. The van der Waals surface area contributed by atoms with E-state index in [-0.39, 0.29) is 12.5 Å². The Labute approximate surface area is 198 Å². The van der Waals surface area contributed by atoms with E-state index in [9.17, 15) is 19.5 Å². The van der Waals surface area contributed by atoms with Crippen molar-refractivity contribution in [2.75, 3.05) is 13.2 Å². The van der Waals surface area contributed by atoms with Gasteiger partial charge in [-0.3, -0.25) is 4.79 Å².